The van der Waals surface area contributed by atoms with Crippen molar-refractivity contribution in [3.05, 3.63) is 200 Å². The van der Waals surface area contributed by atoms with Gasteiger partial charge < -0.3 is 4.90 Å². The van der Waals surface area contributed by atoms with Crippen LogP contribution in [0, 0.1) is 0 Å². The quantitative estimate of drug-likeness (QED) is 0.168. The molecule has 0 radical (unpaired) electrons. The largest absolute Gasteiger partial charge is 0.310 e. The summed E-state index contributed by atoms with van der Waals surface area (Å²) in [5.41, 5.74) is 8.13. The molecular formula is C50H33N. The third kappa shape index (κ3) is 5.10. The van der Waals surface area contributed by atoms with Crippen molar-refractivity contribution in [2.45, 2.75) is 0 Å². The second-order valence-electron chi connectivity index (χ2n) is 13.4. The molecule has 10 aromatic carbocycles. The van der Waals surface area contributed by atoms with E-state index in [1.54, 1.807) is 0 Å². The molecule has 0 heterocycles. The molecule has 0 saturated carbocycles. The first-order valence-corrected chi connectivity index (χ1v) is 17.6. The Morgan fingerprint density at radius 1 is 0.235 bits per heavy atom. The predicted octanol–water partition coefficient (Wildman–Crippen LogP) is 14.3. The van der Waals surface area contributed by atoms with E-state index in [4.69, 9.17) is 0 Å². The lowest BCUT2D eigenvalue weighted by molar-refractivity contribution is 1.29. The summed E-state index contributed by atoms with van der Waals surface area (Å²) in [6.45, 7) is 0. The van der Waals surface area contributed by atoms with Gasteiger partial charge in [-0.2, -0.15) is 0 Å². The average Bonchev–Trinajstić information content (AvgIpc) is 3.21. The number of hydrogen-bond donors (Lipinski definition) is 0. The predicted molar refractivity (Wildman–Crippen MR) is 220 cm³/mol. The third-order valence-electron chi connectivity index (χ3n) is 10.4. The minimum Gasteiger partial charge on any atom is -0.310 e. The third-order valence-corrected chi connectivity index (χ3v) is 10.4. The fraction of sp³-hybridized carbons (Fsp3) is 0. The molecule has 0 fully saturated rings. The van der Waals surface area contributed by atoms with E-state index in [9.17, 15) is 0 Å². The summed E-state index contributed by atoms with van der Waals surface area (Å²) in [6, 6.07) is 73.1. The van der Waals surface area contributed by atoms with Crippen LogP contribution in [-0.4, -0.2) is 0 Å². The highest BCUT2D eigenvalue weighted by atomic mass is 15.1. The van der Waals surface area contributed by atoms with E-state index in [0.717, 1.165) is 17.1 Å². The maximum atomic E-state index is 2.40. The molecule has 51 heavy (non-hydrogen) atoms. The highest BCUT2D eigenvalue weighted by Crippen LogP contribution is 2.41. The summed E-state index contributed by atoms with van der Waals surface area (Å²) in [4.78, 5) is 2.40. The number of benzene rings is 10. The molecule has 0 aliphatic carbocycles. The van der Waals surface area contributed by atoms with Crippen LogP contribution in [0.25, 0.3) is 76.1 Å². The van der Waals surface area contributed by atoms with Crippen LogP contribution < -0.4 is 4.90 Å². The molecule has 0 saturated heterocycles. The van der Waals surface area contributed by atoms with Crippen LogP contribution in [0.1, 0.15) is 0 Å². The van der Waals surface area contributed by atoms with Crippen LogP contribution in [0.15, 0.2) is 200 Å². The van der Waals surface area contributed by atoms with Gasteiger partial charge in [0.15, 0.2) is 0 Å². The first-order valence-electron chi connectivity index (χ1n) is 17.6. The van der Waals surface area contributed by atoms with Crippen molar-refractivity contribution in [2.24, 2.45) is 0 Å². The lowest BCUT2D eigenvalue weighted by Gasteiger charge is -2.27. The molecule has 0 atom stereocenters. The van der Waals surface area contributed by atoms with Crippen molar-refractivity contribution < 1.29 is 0 Å². The second kappa shape index (κ2) is 12.0. The zero-order valence-electron chi connectivity index (χ0n) is 28.0. The van der Waals surface area contributed by atoms with E-state index in [0.29, 0.717) is 0 Å². The Hall–Kier alpha value is -6.70. The van der Waals surface area contributed by atoms with Crippen LogP contribution in [0.2, 0.25) is 0 Å². The number of hydrogen-bond acceptors (Lipinski definition) is 1. The maximum Gasteiger partial charge on any atom is 0.0468 e. The molecule has 0 aliphatic heterocycles. The van der Waals surface area contributed by atoms with Crippen LogP contribution in [0.5, 0.6) is 0 Å². The van der Waals surface area contributed by atoms with Gasteiger partial charge in [0.25, 0.3) is 0 Å². The zero-order valence-corrected chi connectivity index (χ0v) is 28.0. The van der Waals surface area contributed by atoms with Gasteiger partial charge in [-0.1, -0.05) is 158 Å². The molecular weight excluding hydrogens is 615 g/mol. The first-order chi connectivity index (χ1) is 25.3. The van der Waals surface area contributed by atoms with Gasteiger partial charge in [0.2, 0.25) is 0 Å². The Bertz CT molecular complexity index is 2920. The Morgan fingerprint density at radius 2 is 0.725 bits per heavy atom. The van der Waals surface area contributed by atoms with Crippen molar-refractivity contribution in [1.82, 2.24) is 0 Å². The summed E-state index contributed by atoms with van der Waals surface area (Å²) in [5, 5.41) is 12.7. The summed E-state index contributed by atoms with van der Waals surface area (Å²) in [5.74, 6) is 0. The van der Waals surface area contributed by atoms with Gasteiger partial charge in [0, 0.05) is 17.1 Å². The SMILES string of the molecule is c1ccc(-c2cccc(N(c3cccc(-c4ccc5c(ccc6ccc7ccccc7c65)c4)c3)c3ccc4ccc5ccccc5c4c3)c2)cc1. The van der Waals surface area contributed by atoms with Crippen LogP contribution in [0.3, 0.4) is 0 Å². The zero-order chi connectivity index (χ0) is 33.7. The number of rotatable bonds is 5. The molecule has 0 unspecified atom stereocenters. The van der Waals surface area contributed by atoms with Crippen molar-refractivity contribution in [3.63, 3.8) is 0 Å². The summed E-state index contributed by atoms with van der Waals surface area (Å²) in [6.07, 6.45) is 0. The van der Waals surface area contributed by atoms with E-state index in [1.807, 2.05) is 0 Å². The highest BCUT2D eigenvalue weighted by molar-refractivity contribution is 6.20. The maximum absolute atomic E-state index is 2.40. The van der Waals surface area contributed by atoms with Gasteiger partial charge in [-0.25, -0.2) is 0 Å². The normalized spacial score (nSPS) is 11.5. The van der Waals surface area contributed by atoms with Gasteiger partial charge in [-0.15, -0.1) is 0 Å². The average molecular weight is 648 g/mol. The van der Waals surface area contributed by atoms with Crippen LogP contribution in [-0.2, 0) is 0 Å². The molecule has 1 nitrogen and oxygen atoms in total. The van der Waals surface area contributed by atoms with Crippen LogP contribution in [0.4, 0.5) is 17.1 Å². The molecule has 0 amide bonds. The van der Waals surface area contributed by atoms with Crippen LogP contribution >= 0.6 is 0 Å². The molecule has 0 spiro atoms. The van der Waals surface area contributed by atoms with Gasteiger partial charge >= 0.3 is 0 Å². The second-order valence-corrected chi connectivity index (χ2v) is 13.4. The minimum absolute atomic E-state index is 1.11. The van der Waals surface area contributed by atoms with E-state index < -0.39 is 0 Å². The van der Waals surface area contributed by atoms with E-state index >= 15 is 0 Å². The smallest absolute Gasteiger partial charge is 0.0468 e. The number of anilines is 3. The van der Waals surface area contributed by atoms with Gasteiger partial charge in [0.1, 0.15) is 0 Å². The standard InChI is InChI=1S/C50H33N/c1-2-10-34(11-3-1)39-14-8-16-43(31-39)51(45-28-26-37-21-20-35-12-4-6-18-46(35)49(37)33-45)44-17-9-15-40(32-44)41-27-29-48-42(30-41)25-24-38-23-22-36-13-5-7-19-47(36)50(38)48/h1-33H. The molecule has 10 aromatic rings. The summed E-state index contributed by atoms with van der Waals surface area (Å²) >= 11 is 0. The lowest BCUT2D eigenvalue weighted by atomic mass is 9.94. The van der Waals surface area contributed by atoms with Crippen molar-refractivity contribution in [3.8, 4) is 22.3 Å². The van der Waals surface area contributed by atoms with Crippen molar-refractivity contribution in [1.29, 1.82) is 0 Å². The molecule has 10 rings (SSSR count). The van der Waals surface area contributed by atoms with E-state index in [1.165, 1.54) is 76.1 Å². The Morgan fingerprint density at radius 3 is 1.47 bits per heavy atom. The number of nitrogens with zero attached hydrogens (tertiary/aromatic N) is 1. The minimum atomic E-state index is 1.11. The first kappa shape index (κ1) is 29.2. The fourth-order valence-electron chi connectivity index (χ4n) is 7.87. The molecule has 0 bridgehead atoms. The van der Waals surface area contributed by atoms with E-state index in [-0.39, 0.29) is 0 Å². The molecule has 0 aliphatic rings. The number of fused-ring (bicyclic) bond motifs is 8. The Balaban J connectivity index is 1.14. The van der Waals surface area contributed by atoms with Crippen molar-refractivity contribution in [2.75, 3.05) is 4.90 Å². The van der Waals surface area contributed by atoms with Gasteiger partial charge in [0.05, 0.1) is 0 Å². The highest BCUT2D eigenvalue weighted by Gasteiger charge is 2.16. The molecule has 0 N–H and O–H groups in total. The summed E-state index contributed by atoms with van der Waals surface area (Å²) < 4.78 is 0. The topological polar surface area (TPSA) is 3.24 Å². The Labute approximate surface area is 297 Å². The fourth-order valence-corrected chi connectivity index (χ4v) is 7.87. The molecule has 1 heteroatoms. The molecule has 238 valence electrons. The monoisotopic (exact) mass is 647 g/mol. The Kier molecular flexibility index (Phi) is 6.89. The summed E-state index contributed by atoms with van der Waals surface area (Å²) in [7, 11) is 0. The van der Waals surface area contributed by atoms with Gasteiger partial charge in [-0.05, 0) is 119 Å². The van der Waals surface area contributed by atoms with Gasteiger partial charge in [-0.3, -0.25) is 0 Å². The lowest BCUT2D eigenvalue weighted by Crippen LogP contribution is -2.10. The molecule has 0 aromatic heterocycles. The van der Waals surface area contributed by atoms with E-state index in [2.05, 4.69) is 205 Å². The van der Waals surface area contributed by atoms with Crippen molar-refractivity contribution >= 4 is 70.9 Å².